The van der Waals surface area contributed by atoms with Crippen molar-refractivity contribution in [3.05, 3.63) is 87.2 Å². The number of fused-ring (bicyclic) bond motifs is 1. The molecule has 0 amide bonds. The van der Waals surface area contributed by atoms with Crippen LogP contribution in [0.25, 0.3) is 33.2 Å². The van der Waals surface area contributed by atoms with Crippen LogP contribution in [0.5, 0.6) is 0 Å². The Labute approximate surface area is 158 Å². The van der Waals surface area contributed by atoms with Gasteiger partial charge in [-0.25, -0.2) is 5.10 Å². The van der Waals surface area contributed by atoms with E-state index in [1.807, 2.05) is 12.1 Å². The first-order valence-corrected chi connectivity index (χ1v) is 9.12. The monoisotopic (exact) mass is 354 g/mol. The van der Waals surface area contributed by atoms with Gasteiger partial charge in [-0.15, -0.1) is 0 Å². The van der Waals surface area contributed by atoms with Gasteiger partial charge in [0.25, 0.3) is 5.56 Å². The van der Waals surface area contributed by atoms with Gasteiger partial charge in [-0.1, -0.05) is 53.6 Å². The fourth-order valence-corrected chi connectivity index (χ4v) is 3.75. The van der Waals surface area contributed by atoms with Crippen LogP contribution in [-0.2, 0) is 0 Å². The molecule has 0 fully saturated rings. The molecule has 4 rings (SSSR count). The van der Waals surface area contributed by atoms with Crippen molar-refractivity contribution in [3.8, 4) is 22.4 Å². The van der Waals surface area contributed by atoms with Crippen LogP contribution in [0.15, 0.2) is 59.4 Å². The van der Waals surface area contributed by atoms with Crippen LogP contribution in [0.1, 0.15) is 22.3 Å². The third-order valence-electron chi connectivity index (χ3n) is 5.12. The number of aromatic nitrogens is 2. The first-order chi connectivity index (χ1) is 12.9. The lowest BCUT2D eigenvalue weighted by Gasteiger charge is -2.12. The highest BCUT2D eigenvalue weighted by molar-refractivity contribution is 5.97. The summed E-state index contributed by atoms with van der Waals surface area (Å²) in [5.41, 5.74) is 8.78. The van der Waals surface area contributed by atoms with Gasteiger partial charge in [-0.3, -0.25) is 4.79 Å². The van der Waals surface area contributed by atoms with Crippen LogP contribution in [0.4, 0.5) is 0 Å². The molecule has 0 atom stereocenters. The Kier molecular flexibility index (Phi) is 4.15. The lowest BCUT2D eigenvalue weighted by atomic mass is 9.94. The van der Waals surface area contributed by atoms with Gasteiger partial charge in [-0.05, 0) is 62.1 Å². The van der Waals surface area contributed by atoms with Crippen LogP contribution in [-0.4, -0.2) is 10.2 Å². The highest BCUT2D eigenvalue weighted by Crippen LogP contribution is 2.32. The maximum atomic E-state index is 12.3. The van der Waals surface area contributed by atoms with Crippen molar-refractivity contribution in [1.29, 1.82) is 0 Å². The summed E-state index contributed by atoms with van der Waals surface area (Å²) in [7, 11) is 0. The Morgan fingerprint density at radius 2 is 1.33 bits per heavy atom. The number of aryl methyl sites for hydroxylation is 4. The normalized spacial score (nSPS) is 11.1. The molecule has 0 aliphatic carbocycles. The van der Waals surface area contributed by atoms with E-state index in [9.17, 15) is 4.79 Å². The second kappa shape index (κ2) is 6.51. The molecule has 0 aliphatic heterocycles. The minimum absolute atomic E-state index is 0.161. The van der Waals surface area contributed by atoms with Gasteiger partial charge in [0.15, 0.2) is 0 Å². The molecule has 1 aromatic heterocycles. The summed E-state index contributed by atoms with van der Waals surface area (Å²) in [4.78, 5) is 12.3. The predicted molar refractivity (Wildman–Crippen MR) is 112 cm³/mol. The van der Waals surface area contributed by atoms with Crippen LogP contribution in [0.3, 0.4) is 0 Å². The lowest BCUT2D eigenvalue weighted by molar-refractivity contribution is 1.02. The average molecular weight is 354 g/mol. The summed E-state index contributed by atoms with van der Waals surface area (Å²) in [5.74, 6) is 0. The summed E-state index contributed by atoms with van der Waals surface area (Å²) in [5, 5.41) is 8.60. The van der Waals surface area contributed by atoms with Crippen molar-refractivity contribution in [2.75, 3.05) is 0 Å². The van der Waals surface area contributed by atoms with Crippen LogP contribution in [0.2, 0.25) is 0 Å². The lowest BCUT2D eigenvalue weighted by Crippen LogP contribution is -2.10. The number of hydrogen-bond acceptors (Lipinski definition) is 2. The zero-order valence-corrected chi connectivity index (χ0v) is 16.1. The molecule has 4 aromatic rings. The quantitative estimate of drug-likeness (QED) is 0.517. The topological polar surface area (TPSA) is 45.8 Å². The van der Waals surface area contributed by atoms with E-state index in [2.05, 4.69) is 80.4 Å². The average Bonchev–Trinajstić information content (AvgIpc) is 2.63. The van der Waals surface area contributed by atoms with Crippen molar-refractivity contribution < 1.29 is 0 Å². The molecule has 3 heteroatoms. The highest BCUT2D eigenvalue weighted by Gasteiger charge is 2.13. The van der Waals surface area contributed by atoms with Crippen molar-refractivity contribution in [3.63, 3.8) is 0 Å². The number of nitrogens with zero attached hydrogens (tertiary/aromatic N) is 1. The minimum atomic E-state index is -0.161. The van der Waals surface area contributed by atoms with Gasteiger partial charge in [0.1, 0.15) is 0 Å². The number of benzene rings is 3. The molecule has 3 nitrogen and oxygen atoms in total. The largest absolute Gasteiger partial charge is 0.272 e. The van der Waals surface area contributed by atoms with Gasteiger partial charge < -0.3 is 0 Å². The Hall–Kier alpha value is -3.20. The predicted octanol–water partition coefficient (Wildman–Crippen LogP) is 5.49. The number of hydrogen-bond donors (Lipinski definition) is 1. The van der Waals surface area contributed by atoms with E-state index in [1.54, 1.807) is 0 Å². The van der Waals surface area contributed by atoms with E-state index in [0.29, 0.717) is 5.39 Å². The third-order valence-corrected chi connectivity index (χ3v) is 5.12. The summed E-state index contributed by atoms with van der Waals surface area (Å²) in [6.45, 7) is 8.37. The molecule has 0 radical (unpaired) electrons. The van der Waals surface area contributed by atoms with Gasteiger partial charge in [-0.2, -0.15) is 5.10 Å². The molecule has 0 unspecified atom stereocenters. The van der Waals surface area contributed by atoms with Crippen LogP contribution < -0.4 is 5.56 Å². The number of rotatable bonds is 2. The Morgan fingerprint density at radius 3 is 1.96 bits per heavy atom. The SMILES string of the molecule is Cc1ccc(-c2ccc3c(=O)[nH]nc(-c4ccc(C)cc4C)c3c2)c(C)c1. The number of nitrogens with one attached hydrogen (secondary N) is 1. The summed E-state index contributed by atoms with van der Waals surface area (Å²) in [6, 6.07) is 18.7. The van der Waals surface area contributed by atoms with Crippen molar-refractivity contribution >= 4 is 10.8 Å². The molecular formula is C24H22N2O. The Balaban J connectivity index is 2.01. The zero-order valence-electron chi connectivity index (χ0n) is 16.1. The number of H-pyrrole nitrogens is 1. The molecule has 0 bridgehead atoms. The first kappa shape index (κ1) is 17.2. The van der Waals surface area contributed by atoms with Gasteiger partial charge >= 0.3 is 0 Å². The van der Waals surface area contributed by atoms with Gasteiger partial charge in [0.05, 0.1) is 11.1 Å². The van der Waals surface area contributed by atoms with Gasteiger partial charge in [0, 0.05) is 10.9 Å². The van der Waals surface area contributed by atoms with E-state index in [1.165, 1.54) is 22.3 Å². The highest BCUT2D eigenvalue weighted by atomic mass is 16.1. The smallest absolute Gasteiger partial charge is 0.267 e. The molecule has 3 aromatic carbocycles. The van der Waals surface area contributed by atoms with Crippen LogP contribution in [0, 0.1) is 27.7 Å². The molecule has 1 heterocycles. The molecule has 0 aliphatic rings. The van der Waals surface area contributed by atoms with Crippen molar-refractivity contribution in [1.82, 2.24) is 10.2 Å². The first-order valence-electron chi connectivity index (χ1n) is 9.12. The van der Waals surface area contributed by atoms with E-state index >= 15 is 0 Å². The molecule has 0 spiro atoms. The second-order valence-electron chi connectivity index (χ2n) is 7.30. The van der Waals surface area contributed by atoms with Crippen molar-refractivity contribution in [2.24, 2.45) is 0 Å². The van der Waals surface area contributed by atoms with E-state index in [-0.39, 0.29) is 5.56 Å². The Morgan fingerprint density at radius 1 is 0.704 bits per heavy atom. The summed E-state index contributed by atoms with van der Waals surface area (Å²) >= 11 is 0. The maximum Gasteiger partial charge on any atom is 0.272 e. The molecule has 1 N–H and O–H groups in total. The fourth-order valence-electron chi connectivity index (χ4n) is 3.75. The molecular weight excluding hydrogens is 332 g/mol. The molecule has 0 saturated carbocycles. The standard InChI is InChI=1S/C24H22N2O/c1-14-5-8-19(16(3)11-14)18-7-10-21-22(13-18)23(25-26-24(21)27)20-9-6-15(2)12-17(20)4/h5-13H,1-4H3,(H,26,27). The molecule has 0 saturated heterocycles. The van der Waals surface area contributed by atoms with E-state index in [4.69, 9.17) is 0 Å². The van der Waals surface area contributed by atoms with Crippen LogP contribution >= 0.6 is 0 Å². The fraction of sp³-hybridized carbons (Fsp3) is 0.167. The van der Waals surface area contributed by atoms with E-state index in [0.717, 1.165) is 27.8 Å². The molecule has 134 valence electrons. The van der Waals surface area contributed by atoms with Gasteiger partial charge in [0.2, 0.25) is 0 Å². The summed E-state index contributed by atoms with van der Waals surface area (Å²) < 4.78 is 0. The summed E-state index contributed by atoms with van der Waals surface area (Å²) in [6.07, 6.45) is 0. The zero-order chi connectivity index (χ0) is 19.1. The van der Waals surface area contributed by atoms with Crippen molar-refractivity contribution in [2.45, 2.75) is 27.7 Å². The minimum Gasteiger partial charge on any atom is -0.267 e. The molecule has 27 heavy (non-hydrogen) atoms. The Bertz CT molecular complexity index is 1240. The second-order valence-corrected chi connectivity index (χ2v) is 7.30. The van der Waals surface area contributed by atoms with E-state index < -0.39 is 0 Å². The number of aromatic amines is 1. The maximum absolute atomic E-state index is 12.3. The third kappa shape index (κ3) is 3.06.